The van der Waals surface area contributed by atoms with E-state index in [1.165, 1.54) is 38.5 Å². The average Bonchev–Trinajstić information content (AvgIpc) is 2.93. The molecule has 1 unspecified atom stereocenters. The van der Waals surface area contributed by atoms with Gasteiger partial charge in [-0.2, -0.15) is 5.10 Å². The van der Waals surface area contributed by atoms with E-state index in [-0.39, 0.29) is 0 Å². The summed E-state index contributed by atoms with van der Waals surface area (Å²) in [5, 5.41) is 12.0. The maximum absolute atomic E-state index is 4.22. The van der Waals surface area contributed by atoms with Crippen molar-refractivity contribution >= 4 is 5.82 Å². The van der Waals surface area contributed by atoms with E-state index in [0.717, 1.165) is 24.9 Å². The first-order valence-electron chi connectivity index (χ1n) is 7.20. The minimum atomic E-state index is 0.629. The van der Waals surface area contributed by atoms with Gasteiger partial charge in [-0.15, -0.1) is 5.10 Å². The number of aromatic nitrogens is 2. The Morgan fingerprint density at radius 1 is 1.11 bits per heavy atom. The molecule has 0 radical (unpaired) electrons. The maximum Gasteiger partial charge on any atom is 0.151 e. The van der Waals surface area contributed by atoms with Crippen molar-refractivity contribution in [3.8, 4) is 0 Å². The zero-order valence-electron chi connectivity index (χ0n) is 10.9. The van der Waals surface area contributed by atoms with Crippen molar-refractivity contribution in [2.75, 3.05) is 18.0 Å². The quantitative estimate of drug-likeness (QED) is 0.885. The van der Waals surface area contributed by atoms with E-state index in [1.54, 1.807) is 6.20 Å². The number of nitrogens with one attached hydrogen (secondary N) is 1. The second-order valence-corrected chi connectivity index (χ2v) is 5.52. The average molecular weight is 246 g/mol. The highest BCUT2D eigenvalue weighted by molar-refractivity contribution is 5.37. The van der Waals surface area contributed by atoms with Gasteiger partial charge in [-0.1, -0.05) is 12.8 Å². The molecular weight excluding hydrogens is 224 g/mol. The van der Waals surface area contributed by atoms with Crippen LogP contribution >= 0.6 is 0 Å². The van der Waals surface area contributed by atoms with Crippen LogP contribution in [0.15, 0.2) is 18.3 Å². The predicted octanol–water partition coefficient (Wildman–Crippen LogP) is 1.98. The highest BCUT2D eigenvalue weighted by Crippen LogP contribution is 2.21. The van der Waals surface area contributed by atoms with Gasteiger partial charge in [-0.3, -0.25) is 0 Å². The Balaban J connectivity index is 1.58. The first kappa shape index (κ1) is 11.9. The van der Waals surface area contributed by atoms with Gasteiger partial charge in [0.2, 0.25) is 0 Å². The third-order valence-electron chi connectivity index (χ3n) is 4.13. The van der Waals surface area contributed by atoms with Gasteiger partial charge in [0.05, 0.1) is 0 Å². The fraction of sp³-hybridized carbons (Fsp3) is 0.714. The van der Waals surface area contributed by atoms with E-state index in [1.807, 2.05) is 6.07 Å². The van der Waals surface area contributed by atoms with Gasteiger partial charge in [0, 0.05) is 31.4 Å². The summed E-state index contributed by atoms with van der Waals surface area (Å²) in [5.74, 6) is 1.02. The van der Waals surface area contributed by atoms with Gasteiger partial charge in [0.25, 0.3) is 0 Å². The molecule has 18 heavy (non-hydrogen) atoms. The Labute approximate surface area is 109 Å². The molecule has 1 aliphatic carbocycles. The SMILES string of the molecule is c1cnnc(N2CCCC(NC3CCCC3)C2)c1. The molecule has 1 aromatic heterocycles. The van der Waals surface area contributed by atoms with Crippen molar-refractivity contribution in [1.82, 2.24) is 15.5 Å². The van der Waals surface area contributed by atoms with Gasteiger partial charge in [0.15, 0.2) is 5.82 Å². The Morgan fingerprint density at radius 2 is 1.94 bits per heavy atom. The van der Waals surface area contributed by atoms with Crippen LogP contribution in [0.3, 0.4) is 0 Å². The van der Waals surface area contributed by atoms with Gasteiger partial charge in [-0.25, -0.2) is 0 Å². The molecule has 0 bridgehead atoms. The van der Waals surface area contributed by atoms with Gasteiger partial charge < -0.3 is 10.2 Å². The summed E-state index contributed by atoms with van der Waals surface area (Å²) in [7, 11) is 0. The number of piperidine rings is 1. The summed E-state index contributed by atoms with van der Waals surface area (Å²) in [6, 6.07) is 5.42. The molecule has 1 saturated carbocycles. The fourth-order valence-corrected chi connectivity index (χ4v) is 3.21. The molecule has 2 heterocycles. The van der Waals surface area contributed by atoms with Crippen LogP contribution in [0.4, 0.5) is 5.82 Å². The molecular formula is C14H22N4. The summed E-state index contributed by atoms with van der Waals surface area (Å²) in [5.41, 5.74) is 0. The van der Waals surface area contributed by atoms with E-state index < -0.39 is 0 Å². The molecule has 4 nitrogen and oxygen atoms in total. The highest BCUT2D eigenvalue weighted by atomic mass is 15.3. The molecule has 0 spiro atoms. The summed E-state index contributed by atoms with van der Waals surface area (Å²) in [6.07, 6.45) is 9.82. The zero-order chi connectivity index (χ0) is 12.2. The van der Waals surface area contributed by atoms with Crippen molar-refractivity contribution in [2.45, 2.75) is 50.6 Å². The third-order valence-corrected chi connectivity index (χ3v) is 4.13. The van der Waals surface area contributed by atoms with Crippen LogP contribution in [-0.2, 0) is 0 Å². The smallest absolute Gasteiger partial charge is 0.151 e. The van der Waals surface area contributed by atoms with Gasteiger partial charge in [0.1, 0.15) is 0 Å². The molecule has 1 saturated heterocycles. The fourth-order valence-electron chi connectivity index (χ4n) is 3.21. The lowest BCUT2D eigenvalue weighted by molar-refractivity contribution is 0.373. The number of hydrogen-bond acceptors (Lipinski definition) is 4. The van der Waals surface area contributed by atoms with Crippen molar-refractivity contribution in [3.63, 3.8) is 0 Å². The van der Waals surface area contributed by atoms with E-state index >= 15 is 0 Å². The predicted molar refractivity (Wildman–Crippen MR) is 72.7 cm³/mol. The number of nitrogens with zero attached hydrogens (tertiary/aromatic N) is 3. The van der Waals surface area contributed by atoms with E-state index in [2.05, 4.69) is 26.5 Å². The second-order valence-electron chi connectivity index (χ2n) is 5.52. The van der Waals surface area contributed by atoms with Gasteiger partial charge >= 0.3 is 0 Å². The van der Waals surface area contributed by atoms with Crippen LogP contribution in [-0.4, -0.2) is 35.4 Å². The van der Waals surface area contributed by atoms with E-state index in [9.17, 15) is 0 Å². The maximum atomic E-state index is 4.22. The van der Waals surface area contributed by atoms with E-state index in [4.69, 9.17) is 0 Å². The molecule has 4 heteroatoms. The molecule has 1 N–H and O–H groups in total. The second kappa shape index (κ2) is 5.65. The number of hydrogen-bond donors (Lipinski definition) is 1. The van der Waals surface area contributed by atoms with Crippen LogP contribution in [0, 0.1) is 0 Å². The van der Waals surface area contributed by atoms with Crippen molar-refractivity contribution < 1.29 is 0 Å². The normalized spacial score (nSPS) is 25.6. The standard InChI is InChI=1S/C14H22N4/c1-2-6-12(5-1)16-13-7-4-10-18(11-13)14-8-3-9-15-17-14/h3,8-9,12-13,16H,1-2,4-7,10-11H2. The van der Waals surface area contributed by atoms with Crippen LogP contribution in [0.1, 0.15) is 38.5 Å². The molecule has 0 amide bonds. The Morgan fingerprint density at radius 3 is 2.72 bits per heavy atom. The topological polar surface area (TPSA) is 41.1 Å². The first-order valence-corrected chi connectivity index (χ1v) is 7.20. The van der Waals surface area contributed by atoms with Crippen molar-refractivity contribution in [2.24, 2.45) is 0 Å². The number of anilines is 1. The largest absolute Gasteiger partial charge is 0.354 e. The Bertz CT molecular complexity index is 361. The van der Waals surface area contributed by atoms with Crippen LogP contribution < -0.4 is 10.2 Å². The molecule has 98 valence electrons. The monoisotopic (exact) mass is 246 g/mol. The lowest BCUT2D eigenvalue weighted by Gasteiger charge is -2.35. The minimum absolute atomic E-state index is 0.629. The highest BCUT2D eigenvalue weighted by Gasteiger charge is 2.24. The van der Waals surface area contributed by atoms with Crippen LogP contribution in [0.5, 0.6) is 0 Å². The van der Waals surface area contributed by atoms with E-state index in [0.29, 0.717) is 6.04 Å². The molecule has 3 rings (SSSR count). The molecule has 1 atom stereocenters. The molecule has 1 aliphatic heterocycles. The summed E-state index contributed by atoms with van der Waals surface area (Å²) in [6.45, 7) is 2.19. The molecule has 0 aromatic carbocycles. The zero-order valence-corrected chi connectivity index (χ0v) is 10.9. The van der Waals surface area contributed by atoms with Crippen LogP contribution in [0.2, 0.25) is 0 Å². The number of rotatable bonds is 3. The van der Waals surface area contributed by atoms with Crippen molar-refractivity contribution in [1.29, 1.82) is 0 Å². The van der Waals surface area contributed by atoms with Crippen LogP contribution in [0.25, 0.3) is 0 Å². The van der Waals surface area contributed by atoms with Gasteiger partial charge in [-0.05, 0) is 37.8 Å². The molecule has 1 aromatic rings. The lowest BCUT2D eigenvalue weighted by atomic mass is 10.0. The minimum Gasteiger partial charge on any atom is -0.354 e. The first-order chi connectivity index (χ1) is 8.92. The summed E-state index contributed by atoms with van der Waals surface area (Å²) < 4.78 is 0. The third kappa shape index (κ3) is 2.80. The Kier molecular flexibility index (Phi) is 3.74. The lowest BCUT2D eigenvalue weighted by Crippen LogP contribution is -2.48. The molecule has 2 aliphatic rings. The summed E-state index contributed by atoms with van der Waals surface area (Å²) in [4.78, 5) is 2.36. The summed E-state index contributed by atoms with van der Waals surface area (Å²) >= 11 is 0. The Hall–Kier alpha value is -1.16. The molecule has 2 fully saturated rings. The van der Waals surface area contributed by atoms with Crippen molar-refractivity contribution in [3.05, 3.63) is 18.3 Å².